The number of likely N-dealkylation sites (tertiary alicyclic amines) is 1. The lowest BCUT2D eigenvalue weighted by Gasteiger charge is -2.31. The van der Waals surface area contributed by atoms with Gasteiger partial charge in [-0.3, -0.25) is 14.4 Å². The van der Waals surface area contributed by atoms with Gasteiger partial charge < -0.3 is 29.7 Å². The quantitative estimate of drug-likeness (QED) is 0.664. The molecule has 0 radical (unpaired) electrons. The predicted molar refractivity (Wildman–Crippen MR) is 124 cm³/mol. The number of nitrogens with one attached hydrogen (secondary N) is 2. The van der Waals surface area contributed by atoms with Crippen LogP contribution in [0.25, 0.3) is 0 Å². The highest BCUT2D eigenvalue weighted by Crippen LogP contribution is 2.38. The van der Waals surface area contributed by atoms with E-state index in [4.69, 9.17) is 14.2 Å². The first kappa shape index (κ1) is 23.9. The van der Waals surface area contributed by atoms with Crippen LogP contribution >= 0.6 is 0 Å². The van der Waals surface area contributed by atoms with E-state index >= 15 is 0 Å². The van der Waals surface area contributed by atoms with Crippen LogP contribution in [0, 0.1) is 5.92 Å². The average Bonchev–Trinajstić information content (AvgIpc) is 2.83. The first-order valence-corrected chi connectivity index (χ1v) is 10.6. The monoisotopic (exact) mass is 455 g/mol. The number of anilines is 2. The third kappa shape index (κ3) is 5.74. The molecule has 9 nitrogen and oxygen atoms in total. The molecule has 3 rings (SSSR count). The van der Waals surface area contributed by atoms with Gasteiger partial charge in [-0.1, -0.05) is 0 Å². The molecule has 2 N–H and O–H groups in total. The standard InChI is InChI=1S/C24H29N3O6/c1-15(28)25-18-5-7-19(8-6-18)26-23(29)16-9-11-27(12-10-16)24(30)17-13-20(31-2)22(33-4)21(14-17)32-3/h5-8,13-14,16H,9-12H2,1-4H3,(H,25,28)(H,26,29). The summed E-state index contributed by atoms with van der Waals surface area (Å²) < 4.78 is 16.0. The van der Waals surface area contributed by atoms with E-state index in [-0.39, 0.29) is 23.6 Å². The molecule has 1 saturated heterocycles. The summed E-state index contributed by atoms with van der Waals surface area (Å²) in [5, 5.41) is 5.60. The van der Waals surface area contributed by atoms with Gasteiger partial charge in [0.1, 0.15) is 0 Å². The summed E-state index contributed by atoms with van der Waals surface area (Å²) in [4.78, 5) is 38.6. The highest BCUT2D eigenvalue weighted by atomic mass is 16.5. The fraction of sp³-hybridized carbons (Fsp3) is 0.375. The molecule has 0 spiro atoms. The van der Waals surface area contributed by atoms with Crippen LogP contribution in [0.1, 0.15) is 30.1 Å². The zero-order valence-electron chi connectivity index (χ0n) is 19.3. The molecule has 9 heteroatoms. The van der Waals surface area contributed by atoms with Crippen LogP contribution in [-0.4, -0.2) is 57.0 Å². The van der Waals surface area contributed by atoms with E-state index in [1.807, 2.05) is 0 Å². The molecule has 3 amide bonds. The topological polar surface area (TPSA) is 106 Å². The lowest BCUT2D eigenvalue weighted by Crippen LogP contribution is -2.41. The average molecular weight is 456 g/mol. The smallest absolute Gasteiger partial charge is 0.254 e. The number of piperidine rings is 1. The lowest BCUT2D eigenvalue weighted by molar-refractivity contribution is -0.121. The van der Waals surface area contributed by atoms with Gasteiger partial charge in [-0.25, -0.2) is 0 Å². The van der Waals surface area contributed by atoms with Crippen molar-refractivity contribution in [1.82, 2.24) is 4.90 Å². The molecule has 1 fully saturated rings. The van der Waals surface area contributed by atoms with Crippen molar-refractivity contribution < 1.29 is 28.6 Å². The van der Waals surface area contributed by atoms with Crippen molar-refractivity contribution in [2.24, 2.45) is 5.92 Å². The molecule has 1 heterocycles. The minimum absolute atomic E-state index is 0.0813. The molecule has 0 saturated carbocycles. The second-order valence-corrected chi connectivity index (χ2v) is 7.73. The Balaban J connectivity index is 1.59. The Bertz CT molecular complexity index is 988. The van der Waals surface area contributed by atoms with Crippen LogP contribution in [0.2, 0.25) is 0 Å². The number of ether oxygens (including phenoxy) is 3. The van der Waals surface area contributed by atoms with Crippen LogP contribution in [-0.2, 0) is 9.59 Å². The Morgan fingerprint density at radius 2 is 1.36 bits per heavy atom. The number of methoxy groups -OCH3 is 3. The largest absolute Gasteiger partial charge is 0.493 e. The second kappa shape index (κ2) is 10.7. The molecule has 2 aromatic rings. The van der Waals surface area contributed by atoms with Crippen molar-refractivity contribution in [2.75, 3.05) is 45.1 Å². The predicted octanol–water partition coefficient (Wildman–Crippen LogP) is 3.16. The molecule has 0 aromatic heterocycles. The van der Waals surface area contributed by atoms with Crippen LogP contribution in [0.15, 0.2) is 36.4 Å². The van der Waals surface area contributed by atoms with E-state index in [1.54, 1.807) is 41.3 Å². The molecule has 1 aliphatic rings. The second-order valence-electron chi connectivity index (χ2n) is 7.73. The molecular formula is C24H29N3O6. The molecule has 2 aromatic carbocycles. The van der Waals surface area contributed by atoms with Crippen LogP contribution in [0.4, 0.5) is 11.4 Å². The summed E-state index contributed by atoms with van der Waals surface area (Å²) >= 11 is 0. The number of hydrogen-bond donors (Lipinski definition) is 2. The number of carbonyl (C=O) groups excluding carboxylic acids is 3. The number of carbonyl (C=O) groups is 3. The van der Waals surface area contributed by atoms with E-state index in [0.29, 0.717) is 60.1 Å². The minimum Gasteiger partial charge on any atom is -0.493 e. The van der Waals surface area contributed by atoms with Crippen molar-refractivity contribution in [3.63, 3.8) is 0 Å². The van der Waals surface area contributed by atoms with Gasteiger partial charge in [0.15, 0.2) is 11.5 Å². The molecule has 0 unspecified atom stereocenters. The van der Waals surface area contributed by atoms with Crippen LogP contribution in [0.5, 0.6) is 17.2 Å². The van der Waals surface area contributed by atoms with E-state index in [2.05, 4.69) is 10.6 Å². The Hall–Kier alpha value is -3.75. The Morgan fingerprint density at radius 1 is 0.848 bits per heavy atom. The fourth-order valence-electron chi connectivity index (χ4n) is 3.82. The summed E-state index contributed by atoms with van der Waals surface area (Å²) in [5.74, 6) is 0.683. The fourth-order valence-corrected chi connectivity index (χ4v) is 3.82. The van der Waals surface area contributed by atoms with Gasteiger partial charge in [0.05, 0.1) is 21.3 Å². The van der Waals surface area contributed by atoms with Crippen molar-refractivity contribution >= 4 is 29.1 Å². The number of amides is 3. The summed E-state index contributed by atoms with van der Waals surface area (Å²) in [7, 11) is 4.52. The number of nitrogens with zero attached hydrogens (tertiary/aromatic N) is 1. The Morgan fingerprint density at radius 3 is 1.82 bits per heavy atom. The third-order valence-corrected chi connectivity index (χ3v) is 5.54. The molecule has 0 bridgehead atoms. The maximum absolute atomic E-state index is 13.1. The van der Waals surface area contributed by atoms with Crippen molar-refractivity contribution in [1.29, 1.82) is 0 Å². The van der Waals surface area contributed by atoms with E-state index in [9.17, 15) is 14.4 Å². The van der Waals surface area contributed by atoms with Gasteiger partial charge in [0.2, 0.25) is 17.6 Å². The van der Waals surface area contributed by atoms with E-state index in [0.717, 1.165) is 0 Å². The van der Waals surface area contributed by atoms with Gasteiger partial charge in [-0.2, -0.15) is 0 Å². The van der Waals surface area contributed by atoms with Crippen molar-refractivity contribution in [2.45, 2.75) is 19.8 Å². The minimum atomic E-state index is -0.191. The highest BCUT2D eigenvalue weighted by Gasteiger charge is 2.29. The first-order chi connectivity index (χ1) is 15.9. The molecule has 0 aliphatic carbocycles. The van der Waals surface area contributed by atoms with Crippen LogP contribution < -0.4 is 24.8 Å². The Labute approximate surface area is 193 Å². The van der Waals surface area contributed by atoms with Gasteiger partial charge in [-0.15, -0.1) is 0 Å². The van der Waals surface area contributed by atoms with Crippen molar-refractivity contribution in [3.05, 3.63) is 42.0 Å². The van der Waals surface area contributed by atoms with Crippen molar-refractivity contribution in [3.8, 4) is 17.2 Å². The maximum Gasteiger partial charge on any atom is 0.254 e. The molecule has 176 valence electrons. The van der Waals surface area contributed by atoms with E-state index in [1.165, 1.54) is 28.3 Å². The summed E-state index contributed by atoms with van der Waals surface area (Å²) in [6, 6.07) is 10.2. The Kier molecular flexibility index (Phi) is 7.76. The molecule has 0 atom stereocenters. The van der Waals surface area contributed by atoms with Crippen LogP contribution in [0.3, 0.4) is 0 Å². The SMILES string of the molecule is COc1cc(C(=O)N2CCC(C(=O)Nc3ccc(NC(C)=O)cc3)CC2)cc(OC)c1OC. The normalized spacial score (nSPS) is 13.8. The maximum atomic E-state index is 13.1. The summed E-state index contributed by atoms with van der Waals surface area (Å²) in [6.07, 6.45) is 1.12. The number of rotatable bonds is 7. The zero-order valence-corrected chi connectivity index (χ0v) is 19.3. The van der Waals surface area contributed by atoms with Gasteiger partial charge in [0, 0.05) is 42.9 Å². The third-order valence-electron chi connectivity index (χ3n) is 5.54. The molecule has 1 aliphatic heterocycles. The van der Waals surface area contributed by atoms with E-state index < -0.39 is 0 Å². The lowest BCUT2D eigenvalue weighted by atomic mass is 9.95. The number of benzene rings is 2. The van der Waals surface area contributed by atoms with Gasteiger partial charge >= 0.3 is 0 Å². The summed E-state index contributed by atoms with van der Waals surface area (Å²) in [6.45, 7) is 2.37. The van der Waals surface area contributed by atoms with Gasteiger partial charge in [0.25, 0.3) is 5.91 Å². The van der Waals surface area contributed by atoms with Gasteiger partial charge in [-0.05, 0) is 49.2 Å². The zero-order chi connectivity index (χ0) is 24.0. The highest BCUT2D eigenvalue weighted by molar-refractivity contribution is 5.96. The molecule has 33 heavy (non-hydrogen) atoms. The molecular weight excluding hydrogens is 426 g/mol. The number of hydrogen-bond acceptors (Lipinski definition) is 6. The summed E-state index contributed by atoms with van der Waals surface area (Å²) in [5.41, 5.74) is 1.76. The first-order valence-electron chi connectivity index (χ1n) is 10.6.